The minimum atomic E-state index is 0.316. The first-order valence-electron chi connectivity index (χ1n) is 5.96. The molecule has 18 heavy (non-hydrogen) atoms. The summed E-state index contributed by atoms with van der Waals surface area (Å²) >= 11 is 6.25. The molecule has 2 rings (SSSR count). The minimum Gasteiger partial charge on any atom is -0.253 e. The monoisotopic (exact) mass is 261 g/mol. The standard InChI is InChI=1S/C14H16ClN3/c1-8(2)11-10(4)17-14(18-13(11)15)12-9(3)6-5-7-16-12/h5-8H,1-4H3. The molecule has 0 aliphatic heterocycles. The van der Waals surface area contributed by atoms with Crippen LogP contribution in [0.2, 0.25) is 5.15 Å². The summed E-state index contributed by atoms with van der Waals surface area (Å²) in [6.45, 7) is 8.13. The van der Waals surface area contributed by atoms with Gasteiger partial charge in [0.15, 0.2) is 5.82 Å². The van der Waals surface area contributed by atoms with Crippen LogP contribution in [0, 0.1) is 13.8 Å². The predicted octanol–water partition coefficient (Wildman–Crippen LogP) is 3.93. The molecule has 94 valence electrons. The first-order valence-corrected chi connectivity index (χ1v) is 6.34. The van der Waals surface area contributed by atoms with Crippen molar-refractivity contribution in [3.8, 4) is 11.5 Å². The highest BCUT2D eigenvalue weighted by Gasteiger charge is 2.15. The molecule has 0 bridgehead atoms. The van der Waals surface area contributed by atoms with E-state index in [1.807, 2.05) is 26.0 Å². The van der Waals surface area contributed by atoms with Gasteiger partial charge in [-0.2, -0.15) is 0 Å². The summed E-state index contributed by atoms with van der Waals surface area (Å²) in [5.41, 5.74) is 3.77. The van der Waals surface area contributed by atoms with E-state index in [1.54, 1.807) is 6.20 Å². The Labute approximate surface area is 112 Å². The Kier molecular flexibility index (Phi) is 3.62. The van der Waals surface area contributed by atoms with E-state index < -0.39 is 0 Å². The Bertz CT molecular complexity index is 556. The molecule has 4 heteroatoms. The third kappa shape index (κ3) is 2.36. The topological polar surface area (TPSA) is 38.7 Å². The van der Waals surface area contributed by atoms with Gasteiger partial charge in [0.25, 0.3) is 0 Å². The summed E-state index contributed by atoms with van der Waals surface area (Å²) < 4.78 is 0. The average Bonchev–Trinajstić information content (AvgIpc) is 2.27. The van der Waals surface area contributed by atoms with Gasteiger partial charge in [0.1, 0.15) is 10.8 Å². The first kappa shape index (κ1) is 13.0. The highest BCUT2D eigenvalue weighted by atomic mass is 35.5. The van der Waals surface area contributed by atoms with Gasteiger partial charge >= 0.3 is 0 Å². The van der Waals surface area contributed by atoms with Crippen LogP contribution in [0.1, 0.15) is 36.6 Å². The zero-order valence-electron chi connectivity index (χ0n) is 11.0. The van der Waals surface area contributed by atoms with Crippen molar-refractivity contribution in [1.82, 2.24) is 15.0 Å². The normalized spacial score (nSPS) is 11.0. The van der Waals surface area contributed by atoms with E-state index in [9.17, 15) is 0 Å². The second-order valence-electron chi connectivity index (χ2n) is 4.66. The molecule has 0 aliphatic rings. The average molecular weight is 262 g/mol. The van der Waals surface area contributed by atoms with Crippen molar-refractivity contribution < 1.29 is 0 Å². The lowest BCUT2D eigenvalue weighted by Gasteiger charge is -2.12. The molecule has 0 unspecified atom stereocenters. The number of aromatic nitrogens is 3. The molecule has 3 nitrogen and oxygen atoms in total. The van der Waals surface area contributed by atoms with Gasteiger partial charge in [-0.15, -0.1) is 0 Å². The SMILES string of the molecule is Cc1cccnc1-c1nc(C)c(C(C)C)c(Cl)n1. The fraction of sp³-hybridized carbons (Fsp3) is 0.357. The number of hydrogen-bond donors (Lipinski definition) is 0. The van der Waals surface area contributed by atoms with E-state index >= 15 is 0 Å². The third-order valence-corrected chi connectivity index (χ3v) is 3.18. The Morgan fingerprint density at radius 2 is 1.89 bits per heavy atom. The van der Waals surface area contributed by atoms with Gasteiger partial charge in [0.05, 0.1) is 0 Å². The summed E-state index contributed by atoms with van der Waals surface area (Å²) in [4.78, 5) is 13.2. The van der Waals surface area contributed by atoms with Crippen molar-refractivity contribution in [3.63, 3.8) is 0 Å². The van der Waals surface area contributed by atoms with Crippen LogP contribution in [-0.4, -0.2) is 15.0 Å². The molecule has 0 atom stereocenters. The van der Waals surface area contributed by atoms with Crippen LogP contribution < -0.4 is 0 Å². The van der Waals surface area contributed by atoms with Gasteiger partial charge in [-0.05, 0) is 31.4 Å². The quantitative estimate of drug-likeness (QED) is 0.769. The van der Waals surface area contributed by atoms with Crippen LogP contribution in [0.15, 0.2) is 18.3 Å². The zero-order chi connectivity index (χ0) is 13.3. The first-order chi connectivity index (χ1) is 8.50. The number of hydrogen-bond acceptors (Lipinski definition) is 3. The molecule has 2 heterocycles. The van der Waals surface area contributed by atoms with E-state index in [0.717, 1.165) is 22.5 Å². The smallest absolute Gasteiger partial charge is 0.180 e. The van der Waals surface area contributed by atoms with Crippen molar-refractivity contribution in [2.45, 2.75) is 33.6 Å². The maximum absolute atomic E-state index is 6.25. The second-order valence-corrected chi connectivity index (χ2v) is 5.02. The molecule has 0 amide bonds. The molecule has 2 aromatic rings. The van der Waals surface area contributed by atoms with Crippen LogP contribution in [0.25, 0.3) is 11.5 Å². The van der Waals surface area contributed by atoms with Crippen molar-refractivity contribution >= 4 is 11.6 Å². The van der Waals surface area contributed by atoms with Crippen LogP contribution in [0.5, 0.6) is 0 Å². The molecule has 0 saturated heterocycles. The Morgan fingerprint density at radius 1 is 1.17 bits per heavy atom. The summed E-state index contributed by atoms with van der Waals surface area (Å²) in [5.74, 6) is 0.913. The van der Waals surface area contributed by atoms with Gasteiger partial charge in [-0.25, -0.2) is 9.97 Å². The minimum absolute atomic E-state index is 0.316. The van der Waals surface area contributed by atoms with Gasteiger partial charge in [-0.1, -0.05) is 31.5 Å². The Hall–Kier alpha value is -1.48. The van der Waals surface area contributed by atoms with E-state index in [1.165, 1.54) is 0 Å². The van der Waals surface area contributed by atoms with Crippen LogP contribution >= 0.6 is 11.6 Å². The summed E-state index contributed by atoms with van der Waals surface area (Å²) in [5, 5.41) is 0.526. The van der Waals surface area contributed by atoms with Crippen molar-refractivity contribution in [2.75, 3.05) is 0 Å². The van der Waals surface area contributed by atoms with Gasteiger partial charge < -0.3 is 0 Å². The second kappa shape index (κ2) is 5.02. The van der Waals surface area contributed by atoms with Crippen molar-refractivity contribution in [1.29, 1.82) is 0 Å². The Balaban J connectivity index is 2.59. The molecule has 0 saturated carbocycles. The van der Waals surface area contributed by atoms with Crippen molar-refractivity contribution in [2.24, 2.45) is 0 Å². The fourth-order valence-corrected chi connectivity index (χ4v) is 2.46. The maximum atomic E-state index is 6.25. The molecular weight excluding hydrogens is 246 g/mol. The summed E-state index contributed by atoms with van der Waals surface area (Å²) in [7, 11) is 0. The summed E-state index contributed by atoms with van der Waals surface area (Å²) in [6, 6.07) is 3.89. The fourth-order valence-electron chi connectivity index (χ4n) is 2.03. The van der Waals surface area contributed by atoms with Gasteiger partial charge in [-0.3, -0.25) is 4.98 Å². The van der Waals surface area contributed by atoms with Gasteiger partial charge in [0, 0.05) is 17.5 Å². The number of nitrogens with zero attached hydrogens (tertiary/aromatic N) is 3. The highest BCUT2D eigenvalue weighted by molar-refractivity contribution is 6.30. The molecule has 0 radical (unpaired) electrons. The zero-order valence-corrected chi connectivity index (χ0v) is 11.8. The van der Waals surface area contributed by atoms with E-state index in [4.69, 9.17) is 11.6 Å². The molecule has 0 aliphatic carbocycles. The largest absolute Gasteiger partial charge is 0.253 e. The van der Waals surface area contributed by atoms with E-state index in [-0.39, 0.29) is 0 Å². The van der Waals surface area contributed by atoms with Crippen molar-refractivity contribution in [3.05, 3.63) is 40.3 Å². The molecular formula is C14H16ClN3. The van der Waals surface area contributed by atoms with Gasteiger partial charge in [0.2, 0.25) is 0 Å². The molecule has 0 fully saturated rings. The molecule has 0 spiro atoms. The molecule has 0 aromatic carbocycles. The lowest BCUT2D eigenvalue weighted by atomic mass is 10.0. The van der Waals surface area contributed by atoms with Crippen LogP contribution in [-0.2, 0) is 0 Å². The Morgan fingerprint density at radius 3 is 2.44 bits per heavy atom. The number of rotatable bonds is 2. The lowest BCUT2D eigenvalue weighted by Crippen LogP contribution is -2.03. The van der Waals surface area contributed by atoms with E-state index in [0.29, 0.717) is 16.9 Å². The number of halogens is 1. The van der Waals surface area contributed by atoms with E-state index in [2.05, 4.69) is 28.8 Å². The number of pyridine rings is 1. The van der Waals surface area contributed by atoms with Crippen LogP contribution in [0.3, 0.4) is 0 Å². The maximum Gasteiger partial charge on any atom is 0.180 e. The van der Waals surface area contributed by atoms with Crippen LogP contribution in [0.4, 0.5) is 0 Å². The number of aryl methyl sites for hydroxylation is 2. The molecule has 2 aromatic heterocycles. The molecule has 0 N–H and O–H groups in total. The third-order valence-electron chi connectivity index (χ3n) is 2.89. The highest BCUT2D eigenvalue weighted by Crippen LogP contribution is 2.27. The lowest BCUT2D eigenvalue weighted by molar-refractivity contribution is 0.830. The summed E-state index contributed by atoms with van der Waals surface area (Å²) in [6.07, 6.45) is 1.74. The predicted molar refractivity (Wildman–Crippen MR) is 73.8 cm³/mol.